The van der Waals surface area contributed by atoms with Crippen LogP contribution in [0.1, 0.15) is 45.6 Å². The lowest BCUT2D eigenvalue weighted by molar-refractivity contribution is 0.0115. The Balaban J connectivity index is 2.07. The minimum absolute atomic E-state index is 0.0836. The molecule has 0 unspecified atom stereocenters. The molecule has 0 aliphatic heterocycles. The van der Waals surface area contributed by atoms with Crippen molar-refractivity contribution in [3.8, 4) is 5.75 Å². The normalized spacial score (nSPS) is 11.7. The molecule has 0 saturated heterocycles. The van der Waals surface area contributed by atoms with Crippen molar-refractivity contribution in [1.29, 1.82) is 0 Å². The number of methoxy groups -OCH3 is 1. The first-order valence-electron chi connectivity index (χ1n) is 8.98. The second-order valence-corrected chi connectivity index (χ2v) is 6.55. The first-order chi connectivity index (χ1) is 11.6. The van der Waals surface area contributed by atoms with Gasteiger partial charge in [0, 0.05) is 13.2 Å². The zero-order valence-corrected chi connectivity index (χ0v) is 15.8. The fraction of sp³-hybridized carbons (Fsp3) is 0.700. The Bertz CT molecular complexity index is 414. The topological polar surface area (TPSA) is 36.9 Å². The van der Waals surface area contributed by atoms with Crippen molar-refractivity contribution < 1.29 is 18.9 Å². The molecule has 0 saturated carbocycles. The molecule has 1 aromatic rings. The molecule has 4 heteroatoms. The van der Waals surface area contributed by atoms with Crippen LogP contribution in [0.15, 0.2) is 24.3 Å². The maximum atomic E-state index is 5.69. The highest BCUT2D eigenvalue weighted by atomic mass is 16.5. The summed E-state index contributed by atoms with van der Waals surface area (Å²) in [4.78, 5) is 0. The van der Waals surface area contributed by atoms with Gasteiger partial charge < -0.3 is 18.9 Å². The van der Waals surface area contributed by atoms with Gasteiger partial charge in [0.1, 0.15) is 5.75 Å². The van der Waals surface area contributed by atoms with Crippen LogP contribution in [-0.4, -0.2) is 46.8 Å². The Morgan fingerprint density at radius 1 is 0.792 bits per heavy atom. The quantitative estimate of drug-likeness (QED) is 0.476. The molecule has 0 spiro atoms. The van der Waals surface area contributed by atoms with Gasteiger partial charge in [-0.3, -0.25) is 0 Å². The van der Waals surface area contributed by atoms with Crippen LogP contribution in [0.2, 0.25) is 0 Å². The molecule has 0 aliphatic carbocycles. The fourth-order valence-corrected chi connectivity index (χ4v) is 2.30. The molecule has 4 nitrogen and oxygen atoms in total. The van der Waals surface area contributed by atoms with Crippen molar-refractivity contribution in [2.24, 2.45) is 0 Å². The van der Waals surface area contributed by atoms with Crippen molar-refractivity contribution in [3.05, 3.63) is 29.8 Å². The summed E-state index contributed by atoms with van der Waals surface area (Å²) in [5, 5.41) is 0. The van der Waals surface area contributed by atoms with Gasteiger partial charge >= 0.3 is 0 Å². The molecule has 0 N–H and O–H groups in total. The van der Waals surface area contributed by atoms with Gasteiger partial charge in [-0.05, 0) is 36.0 Å². The van der Waals surface area contributed by atoms with E-state index in [2.05, 4.69) is 32.9 Å². The highest BCUT2D eigenvalue weighted by Gasteiger charge is 2.20. The predicted octanol–water partition coefficient (Wildman–Crippen LogP) is 4.21. The number of hydrogen-bond donors (Lipinski definition) is 0. The van der Waals surface area contributed by atoms with Crippen LogP contribution in [0.5, 0.6) is 5.75 Å². The highest BCUT2D eigenvalue weighted by molar-refractivity contribution is 5.31. The van der Waals surface area contributed by atoms with Crippen LogP contribution >= 0.6 is 0 Å². The van der Waals surface area contributed by atoms with Gasteiger partial charge in [-0.2, -0.15) is 0 Å². The SMILES string of the molecule is CCCCOCCOCCOCCC(C)(C)c1ccc(OC)cc1. The molecule has 0 aliphatic rings. The average molecular weight is 338 g/mol. The number of unbranched alkanes of at least 4 members (excludes halogenated alkanes) is 1. The standard InChI is InChI=1S/C20H34O4/c1-5-6-12-22-14-16-24-17-15-23-13-11-20(2,3)18-7-9-19(21-4)10-8-18/h7-10H,5-6,11-17H2,1-4H3. The molecule has 0 fully saturated rings. The van der Waals surface area contributed by atoms with E-state index in [1.54, 1.807) is 7.11 Å². The number of hydrogen-bond acceptors (Lipinski definition) is 4. The lowest BCUT2D eigenvalue weighted by atomic mass is 9.82. The van der Waals surface area contributed by atoms with Crippen molar-refractivity contribution in [2.75, 3.05) is 46.8 Å². The van der Waals surface area contributed by atoms with E-state index in [4.69, 9.17) is 18.9 Å². The minimum atomic E-state index is 0.0836. The smallest absolute Gasteiger partial charge is 0.118 e. The van der Waals surface area contributed by atoms with E-state index in [0.29, 0.717) is 26.4 Å². The monoisotopic (exact) mass is 338 g/mol. The second-order valence-electron chi connectivity index (χ2n) is 6.55. The molecule has 138 valence electrons. The van der Waals surface area contributed by atoms with Crippen LogP contribution in [0.25, 0.3) is 0 Å². The summed E-state index contributed by atoms with van der Waals surface area (Å²) in [6, 6.07) is 8.27. The Morgan fingerprint density at radius 3 is 1.88 bits per heavy atom. The summed E-state index contributed by atoms with van der Waals surface area (Å²) in [6.45, 7) is 10.8. The Labute approximate surface area is 147 Å². The third kappa shape index (κ3) is 8.67. The van der Waals surface area contributed by atoms with Crippen molar-refractivity contribution in [3.63, 3.8) is 0 Å². The van der Waals surface area contributed by atoms with E-state index >= 15 is 0 Å². The summed E-state index contributed by atoms with van der Waals surface area (Å²) in [5.41, 5.74) is 1.38. The van der Waals surface area contributed by atoms with E-state index in [0.717, 1.165) is 31.8 Å². The molecular weight excluding hydrogens is 304 g/mol. The van der Waals surface area contributed by atoms with E-state index in [1.807, 2.05) is 12.1 Å². The molecule has 0 heterocycles. The lowest BCUT2D eigenvalue weighted by Crippen LogP contribution is -2.20. The largest absolute Gasteiger partial charge is 0.497 e. The van der Waals surface area contributed by atoms with Crippen LogP contribution < -0.4 is 4.74 Å². The summed E-state index contributed by atoms with van der Waals surface area (Å²) >= 11 is 0. The summed E-state index contributed by atoms with van der Waals surface area (Å²) in [5.74, 6) is 0.890. The lowest BCUT2D eigenvalue weighted by Gasteiger charge is -2.25. The summed E-state index contributed by atoms with van der Waals surface area (Å²) in [6.07, 6.45) is 3.26. The van der Waals surface area contributed by atoms with Crippen LogP contribution in [-0.2, 0) is 19.6 Å². The van der Waals surface area contributed by atoms with Crippen molar-refractivity contribution in [1.82, 2.24) is 0 Å². The zero-order chi connectivity index (χ0) is 17.7. The predicted molar refractivity (Wildman–Crippen MR) is 98.0 cm³/mol. The second kappa shape index (κ2) is 12.3. The first-order valence-corrected chi connectivity index (χ1v) is 8.98. The molecule has 0 atom stereocenters. The van der Waals surface area contributed by atoms with E-state index in [1.165, 1.54) is 12.0 Å². The minimum Gasteiger partial charge on any atom is -0.497 e. The summed E-state index contributed by atoms with van der Waals surface area (Å²) in [7, 11) is 1.69. The Kier molecular flexibility index (Phi) is 10.7. The average Bonchev–Trinajstić information content (AvgIpc) is 2.59. The molecule has 1 rings (SSSR count). The first kappa shape index (κ1) is 20.9. The van der Waals surface area contributed by atoms with Gasteiger partial charge in [-0.25, -0.2) is 0 Å². The summed E-state index contributed by atoms with van der Waals surface area (Å²) < 4.78 is 21.8. The van der Waals surface area contributed by atoms with Crippen molar-refractivity contribution in [2.45, 2.75) is 45.4 Å². The van der Waals surface area contributed by atoms with Crippen molar-refractivity contribution >= 4 is 0 Å². The van der Waals surface area contributed by atoms with Gasteiger partial charge in [-0.15, -0.1) is 0 Å². The van der Waals surface area contributed by atoms with Crippen LogP contribution in [0.3, 0.4) is 0 Å². The zero-order valence-electron chi connectivity index (χ0n) is 15.8. The number of rotatable bonds is 14. The molecule has 1 aromatic carbocycles. The Morgan fingerprint density at radius 2 is 1.33 bits per heavy atom. The van der Waals surface area contributed by atoms with E-state index in [9.17, 15) is 0 Å². The van der Waals surface area contributed by atoms with Gasteiger partial charge in [-0.1, -0.05) is 39.3 Å². The highest BCUT2D eigenvalue weighted by Crippen LogP contribution is 2.28. The van der Waals surface area contributed by atoms with Crippen LogP contribution in [0, 0.1) is 0 Å². The van der Waals surface area contributed by atoms with Crippen LogP contribution in [0.4, 0.5) is 0 Å². The third-order valence-corrected chi connectivity index (χ3v) is 4.13. The van der Waals surface area contributed by atoms with E-state index < -0.39 is 0 Å². The third-order valence-electron chi connectivity index (χ3n) is 4.13. The molecule has 0 bridgehead atoms. The molecule has 0 aromatic heterocycles. The van der Waals surface area contributed by atoms with Gasteiger partial charge in [0.05, 0.1) is 33.5 Å². The van der Waals surface area contributed by atoms with Gasteiger partial charge in [0.15, 0.2) is 0 Å². The molecular formula is C20H34O4. The Hall–Kier alpha value is -1.10. The van der Waals surface area contributed by atoms with E-state index in [-0.39, 0.29) is 5.41 Å². The van der Waals surface area contributed by atoms with Gasteiger partial charge in [0.2, 0.25) is 0 Å². The molecule has 24 heavy (non-hydrogen) atoms. The number of ether oxygens (including phenoxy) is 4. The molecule has 0 radical (unpaired) electrons. The number of benzene rings is 1. The fourth-order valence-electron chi connectivity index (χ4n) is 2.30. The molecule has 0 amide bonds. The maximum absolute atomic E-state index is 5.69. The van der Waals surface area contributed by atoms with Gasteiger partial charge in [0.25, 0.3) is 0 Å². The maximum Gasteiger partial charge on any atom is 0.118 e.